The van der Waals surface area contributed by atoms with E-state index in [0.717, 1.165) is 33.7 Å². The van der Waals surface area contributed by atoms with Crippen molar-refractivity contribution in [2.75, 3.05) is 6.26 Å². The van der Waals surface area contributed by atoms with Gasteiger partial charge in [0.05, 0.1) is 28.9 Å². The number of carbonyl (C=O) groups excluding carboxylic acids is 1. The summed E-state index contributed by atoms with van der Waals surface area (Å²) >= 11 is 2.21. The minimum absolute atomic E-state index is 0.0417. The number of sulfone groups is 1. The lowest BCUT2D eigenvalue weighted by Gasteiger charge is -2.23. The van der Waals surface area contributed by atoms with Crippen molar-refractivity contribution in [1.29, 1.82) is 5.41 Å². The number of imidazole rings is 1. The molecule has 0 fully saturated rings. The monoisotopic (exact) mass is 499 g/mol. The van der Waals surface area contributed by atoms with E-state index in [9.17, 15) is 13.2 Å². The SMILES string of the molecule is CC(C)c1nn2c(C=C3C(=N)N4C(=NC3=O)SN=C4S(C)(=O)=O)c(-c3ccccc3)nc2s1. The van der Waals surface area contributed by atoms with Gasteiger partial charge < -0.3 is 0 Å². The fourth-order valence-corrected chi connectivity index (χ4v) is 6.08. The number of amides is 1. The molecule has 168 valence electrons. The predicted octanol–water partition coefficient (Wildman–Crippen LogP) is 3.20. The molecule has 0 unspecified atom stereocenters. The van der Waals surface area contributed by atoms with Gasteiger partial charge in [-0.1, -0.05) is 55.5 Å². The molecule has 5 rings (SSSR count). The second-order valence-electron chi connectivity index (χ2n) is 7.68. The molecule has 4 heterocycles. The Hall–Kier alpha value is -3.16. The van der Waals surface area contributed by atoms with Crippen LogP contribution in [-0.4, -0.2) is 56.2 Å². The van der Waals surface area contributed by atoms with Crippen LogP contribution in [-0.2, 0) is 14.6 Å². The molecule has 2 aliphatic rings. The number of benzene rings is 1. The van der Waals surface area contributed by atoms with Crippen molar-refractivity contribution in [3.05, 3.63) is 46.6 Å². The Morgan fingerprint density at radius 2 is 1.91 bits per heavy atom. The van der Waals surface area contributed by atoms with Gasteiger partial charge in [-0.25, -0.2) is 22.8 Å². The number of amidine groups is 3. The summed E-state index contributed by atoms with van der Waals surface area (Å²) in [6.07, 6.45) is 2.50. The maximum atomic E-state index is 12.8. The molecule has 1 aromatic carbocycles. The van der Waals surface area contributed by atoms with Crippen LogP contribution >= 0.6 is 23.3 Å². The quantitative estimate of drug-likeness (QED) is 0.432. The van der Waals surface area contributed by atoms with Gasteiger partial charge in [0.15, 0.2) is 0 Å². The van der Waals surface area contributed by atoms with Crippen LogP contribution in [0.5, 0.6) is 0 Å². The Morgan fingerprint density at radius 1 is 1.18 bits per heavy atom. The van der Waals surface area contributed by atoms with Crippen molar-refractivity contribution >= 4 is 66.2 Å². The summed E-state index contributed by atoms with van der Waals surface area (Å²) in [6.45, 7) is 4.06. The Balaban J connectivity index is 1.70. The van der Waals surface area contributed by atoms with Crippen LogP contribution in [0.2, 0.25) is 0 Å². The number of nitrogens with one attached hydrogen (secondary N) is 1. The Bertz CT molecular complexity index is 1530. The summed E-state index contributed by atoms with van der Waals surface area (Å²) in [7, 11) is -3.73. The molecule has 2 aromatic heterocycles. The van der Waals surface area contributed by atoms with E-state index in [4.69, 9.17) is 10.4 Å². The van der Waals surface area contributed by atoms with E-state index in [-0.39, 0.29) is 27.7 Å². The number of hydrogen-bond acceptors (Lipinski definition) is 9. The Morgan fingerprint density at radius 3 is 2.58 bits per heavy atom. The van der Waals surface area contributed by atoms with Gasteiger partial charge in [0.1, 0.15) is 10.8 Å². The van der Waals surface area contributed by atoms with Gasteiger partial charge >= 0.3 is 0 Å². The van der Waals surface area contributed by atoms with Gasteiger partial charge in [-0.05, 0) is 6.08 Å². The lowest BCUT2D eigenvalue weighted by atomic mass is 10.1. The van der Waals surface area contributed by atoms with Crippen LogP contribution in [0.3, 0.4) is 0 Å². The number of hydrogen-bond donors (Lipinski definition) is 1. The van der Waals surface area contributed by atoms with Crippen LogP contribution in [0.4, 0.5) is 0 Å². The van der Waals surface area contributed by atoms with Crippen LogP contribution in [0.1, 0.15) is 30.5 Å². The lowest BCUT2D eigenvalue weighted by molar-refractivity contribution is -0.114. The van der Waals surface area contributed by atoms with E-state index < -0.39 is 15.7 Å². The number of nitrogens with zero attached hydrogens (tertiary/aromatic N) is 6. The summed E-state index contributed by atoms with van der Waals surface area (Å²) in [6, 6.07) is 9.45. The molecule has 0 saturated heterocycles. The summed E-state index contributed by atoms with van der Waals surface area (Å²) in [5, 5.41) is 13.9. The minimum Gasteiger partial charge on any atom is -0.283 e. The number of aromatic nitrogens is 3. The molecule has 0 aliphatic carbocycles. The first-order chi connectivity index (χ1) is 15.6. The highest BCUT2D eigenvalue weighted by Crippen LogP contribution is 2.33. The van der Waals surface area contributed by atoms with Crippen molar-refractivity contribution in [1.82, 2.24) is 19.5 Å². The zero-order valence-electron chi connectivity index (χ0n) is 17.7. The maximum absolute atomic E-state index is 12.8. The van der Waals surface area contributed by atoms with E-state index in [1.807, 2.05) is 44.2 Å². The summed E-state index contributed by atoms with van der Waals surface area (Å²) in [5.74, 6) is -0.779. The number of carbonyl (C=O) groups is 1. The zero-order chi connectivity index (χ0) is 23.5. The molecule has 0 saturated carbocycles. The summed E-state index contributed by atoms with van der Waals surface area (Å²) < 4.78 is 29.9. The highest BCUT2D eigenvalue weighted by molar-refractivity contribution is 8.16. The first-order valence-electron chi connectivity index (χ1n) is 9.79. The van der Waals surface area contributed by atoms with E-state index in [1.165, 1.54) is 17.4 Å². The molecule has 3 aromatic rings. The summed E-state index contributed by atoms with van der Waals surface area (Å²) in [5.41, 5.74) is 1.86. The summed E-state index contributed by atoms with van der Waals surface area (Å²) in [4.78, 5) is 23.3. The van der Waals surface area contributed by atoms with Gasteiger partial charge in [0, 0.05) is 17.7 Å². The highest BCUT2D eigenvalue weighted by Gasteiger charge is 2.41. The van der Waals surface area contributed by atoms with E-state index in [0.29, 0.717) is 16.3 Å². The molecule has 33 heavy (non-hydrogen) atoms. The topological polar surface area (TPSA) is 133 Å². The van der Waals surface area contributed by atoms with Crippen molar-refractivity contribution in [2.24, 2.45) is 9.39 Å². The third-order valence-corrected chi connectivity index (χ3v) is 7.87. The van der Waals surface area contributed by atoms with E-state index in [2.05, 4.69) is 14.5 Å². The van der Waals surface area contributed by atoms with Gasteiger partial charge in [-0.15, -0.1) is 0 Å². The molecular formula is C20H17N7O3S3. The maximum Gasteiger partial charge on any atom is 0.283 e. The van der Waals surface area contributed by atoms with Crippen molar-refractivity contribution in [3.63, 3.8) is 0 Å². The fraction of sp³-hybridized carbons (Fsp3) is 0.200. The van der Waals surface area contributed by atoms with Gasteiger partial charge in [0.25, 0.3) is 5.91 Å². The van der Waals surface area contributed by atoms with Crippen molar-refractivity contribution < 1.29 is 13.2 Å². The van der Waals surface area contributed by atoms with Gasteiger partial charge in [-0.2, -0.15) is 14.5 Å². The normalized spacial score (nSPS) is 17.8. The molecule has 10 nitrogen and oxygen atoms in total. The third-order valence-electron chi connectivity index (χ3n) is 4.90. The van der Waals surface area contributed by atoms with E-state index >= 15 is 0 Å². The molecule has 0 spiro atoms. The molecular weight excluding hydrogens is 482 g/mol. The molecule has 0 bridgehead atoms. The molecule has 0 radical (unpaired) electrons. The fourth-order valence-electron chi connectivity index (χ4n) is 3.32. The second-order valence-corrected chi connectivity index (χ2v) is 11.3. The molecule has 0 atom stereocenters. The molecule has 13 heteroatoms. The predicted molar refractivity (Wildman–Crippen MR) is 130 cm³/mol. The average molecular weight is 500 g/mol. The van der Waals surface area contributed by atoms with Crippen molar-refractivity contribution in [2.45, 2.75) is 19.8 Å². The van der Waals surface area contributed by atoms with Crippen LogP contribution < -0.4 is 0 Å². The number of aliphatic imine (C=N–C) groups is 1. The molecule has 1 N–H and O–H groups in total. The van der Waals surface area contributed by atoms with Gasteiger partial charge in [0.2, 0.25) is 25.1 Å². The number of fused-ring (bicyclic) bond motifs is 2. The first-order valence-corrected chi connectivity index (χ1v) is 13.3. The largest absolute Gasteiger partial charge is 0.283 e. The van der Waals surface area contributed by atoms with Crippen LogP contribution in [0.15, 0.2) is 45.3 Å². The standard InChI is InChI=1S/C20H17N7O3S3/c1-10(2)17-24-27-13(14(22-19(27)31-17)11-7-5-4-6-8-11)9-12-15(21)26-18(23-16(12)28)32-25-20(26)33(3,29)30/h4-10,21H,1-3H3. The average Bonchev–Trinajstić information content (AvgIpc) is 3.44. The third kappa shape index (κ3) is 3.61. The smallest absolute Gasteiger partial charge is 0.283 e. The Kier molecular flexibility index (Phi) is 5.06. The highest BCUT2D eigenvalue weighted by atomic mass is 32.2. The molecule has 2 aliphatic heterocycles. The minimum atomic E-state index is -3.73. The molecule has 1 amide bonds. The second kappa shape index (κ2) is 7.71. The zero-order valence-corrected chi connectivity index (χ0v) is 20.1. The van der Waals surface area contributed by atoms with Gasteiger partial charge in [-0.3, -0.25) is 10.2 Å². The first kappa shape index (κ1) is 21.7. The number of rotatable bonds is 3. The van der Waals surface area contributed by atoms with E-state index in [1.54, 1.807) is 4.52 Å². The van der Waals surface area contributed by atoms with Crippen LogP contribution in [0, 0.1) is 5.41 Å². The Labute approximate surface area is 197 Å². The lowest BCUT2D eigenvalue weighted by Crippen LogP contribution is -2.45. The van der Waals surface area contributed by atoms with Crippen LogP contribution in [0.25, 0.3) is 22.3 Å². The van der Waals surface area contributed by atoms with Crippen molar-refractivity contribution in [3.8, 4) is 11.3 Å².